The molecule has 0 saturated heterocycles. The van der Waals surface area contributed by atoms with Gasteiger partial charge in [-0.1, -0.05) is 43.7 Å². The average molecular weight is 426 g/mol. The zero-order valence-corrected chi connectivity index (χ0v) is 17.6. The van der Waals surface area contributed by atoms with Gasteiger partial charge in [0, 0.05) is 19.6 Å². The maximum absolute atomic E-state index is 13.0. The Morgan fingerprint density at radius 3 is 2.45 bits per heavy atom. The van der Waals surface area contributed by atoms with E-state index in [1.165, 1.54) is 12.1 Å². The van der Waals surface area contributed by atoms with Crippen molar-refractivity contribution >= 4 is 17.5 Å². The van der Waals surface area contributed by atoms with Crippen LogP contribution in [0.25, 0.3) is 5.57 Å². The van der Waals surface area contributed by atoms with Gasteiger partial charge in [-0.2, -0.15) is 0 Å². The fraction of sp³-hybridized carbons (Fsp3) is 0.333. The van der Waals surface area contributed by atoms with E-state index < -0.39 is 12.1 Å². The first-order valence-corrected chi connectivity index (χ1v) is 10.5. The molecule has 1 unspecified atom stereocenters. The van der Waals surface area contributed by atoms with Crippen LogP contribution in [0.5, 0.6) is 5.75 Å². The molecule has 2 aromatic rings. The molecule has 0 fully saturated rings. The number of hydrogen-bond donors (Lipinski definition) is 3. The molecule has 1 aliphatic rings. The van der Waals surface area contributed by atoms with Crippen molar-refractivity contribution in [1.29, 1.82) is 0 Å². The van der Waals surface area contributed by atoms with E-state index in [-0.39, 0.29) is 24.0 Å². The highest BCUT2D eigenvalue weighted by atomic mass is 19.1. The van der Waals surface area contributed by atoms with Gasteiger partial charge in [-0.3, -0.25) is 4.79 Å². The number of halogens is 1. The van der Waals surface area contributed by atoms with Crippen LogP contribution in [0.3, 0.4) is 0 Å². The summed E-state index contributed by atoms with van der Waals surface area (Å²) in [6.07, 6.45) is 4.04. The second kappa shape index (κ2) is 10.6. The third-order valence-electron chi connectivity index (χ3n) is 5.31. The SMILES string of the molecule is CCCC(NC(=O)NCc1ccc(F)cc1)C(=O)N1CC=C(c2ccc(O)cc2)CC1. The molecule has 3 rings (SSSR count). The molecule has 6 nitrogen and oxygen atoms in total. The third-order valence-corrected chi connectivity index (χ3v) is 5.31. The molecule has 164 valence electrons. The van der Waals surface area contributed by atoms with Crippen LogP contribution in [0.15, 0.2) is 54.6 Å². The Kier molecular flexibility index (Phi) is 7.65. The highest BCUT2D eigenvalue weighted by Gasteiger charge is 2.26. The molecule has 1 atom stereocenters. The van der Waals surface area contributed by atoms with Crippen LogP contribution >= 0.6 is 0 Å². The molecule has 0 aromatic heterocycles. The first-order chi connectivity index (χ1) is 15.0. The largest absolute Gasteiger partial charge is 0.508 e. The number of phenolic OH excluding ortho intramolecular Hbond substituents is 1. The Hall–Kier alpha value is -3.35. The highest BCUT2D eigenvalue weighted by Crippen LogP contribution is 2.24. The van der Waals surface area contributed by atoms with Crippen LogP contribution < -0.4 is 10.6 Å². The predicted octanol–water partition coefficient (Wildman–Crippen LogP) is 3.82. The van der Waals surface area contributed by atoms with Crippen molar-refractivity contribution in [3.63, 3.8) is 0 Å². The van der Waals surface area contributed by atoms with E-state index in [0.29, 0.717) is 25.9 Å². The Morgan fingerprint density at radius 1 is 1.13 bits per heavy atom. The van der Waals surface area contributed by atoms with Gasteiger partial charge < -0.3 is 20.6 Å². The Morgan fingerprint density at radius 2 is 1.84 bits per heavy atom. The van der Waals surface area contributed by atoms with E-state index in [1.54, 1.807) is 29.2 Å². The van der Waals surface area contributed by atoms with E-state index in [2.05, 4.69) is 10.6 Å². The Bertz CT molecular complexity index is 926. The normalized spacial score (nSPS) is 14.5. The zero-order chi connectivity index (χ0) is 22.2. The molecule has 0 saturated carbocycles. The number of nitrogens with zero attached hydrogens (tertiary/aromatic N) is 1. The van der Waals surface area contributed by atoms with Gasteiger partial charge in [0.15, 0.2) is 0 Å². The quantitative estimate of drug-likeness (QED) is 0.631. The molecule has 1 aliphatic heterocycles. The molecule has 2 aromatic carbocycles. The monoisotopic (exact) mass is 425 g/mol. The summed E-state index contributed by atoms with van der Waals surface area (Å²) in [4.78, 5) is 27.1. The lowest BCUT2D eigenvalue weighted by Gasteiger charge is -2.30. The molecule has 3 amide bonds. The fourth-order valence-electron chi connectivity index (χ4n) is 3.57. The van der Waals surface area contributed by atoms with Gasteiger partial charge in [-0.05, 0) is 53.8 Å². The van der Waals surface area contributed by atoms with Crippen molar-refractivity contribution in [2.75, 3.05) is 13.1 Å². The molecule has 0 aliphatic carbocycles. The van der Waals surface area contributed by atoms with Crippen molar-refractivity contribution in [3.05, 3.63) is 71.6 Å². The zero-order valence-electron chi connectivity index (χ0n) is 17.6. The van der Waals surface area contributed by atoms with Crippen LogP contribution in [0.1, 0.15) is 37.3 Å². The summed E-state index contributed by atoms with van der Waals surface area (Å²) in [6, 6.07) is 11.9. The number of rotatable bonds is 7. The number of carbonyl (C=O) groups is 2. The van der Waals surface area contributed by atoms with Gasteiger partial charge in [0.1, 0.15) is 17.6 Å². The van der Waals surface area contributed by atoms with E-state index in [9.17, 15) is 19.1 Å². The summed E-state index contributed by atoms with van der Waals surface area (Å²) in [5, 5.41) is 14.9. The number of benzene rings is 2. The molecule has 0 radical (unpaired) electrons. The average Bonchev–Trinajstić information content (AvgIpc) is 2.78. The van der Waals surface area contributed by atoms with E-state index in [0.717, 1.165) is 23.1 Å². The van der Waals surface area contributed by atoms with Crippen molar-refractivity contribution in [1.82, 2.24) is 15.5 Å². The van der Waals surface area contributed by atoms with Gasteiger partial charge in [-0.15, -0.1) is 0 Å². The third kappa shape index (κ3) is 6.31. The van der Waals surface area contributed by atoms with Crippen LogP contribution in [0, 0.1) is 5.82 Å². The topological polar surface area (TPSA) is 81.7 Å². The summed E-state index contributed by atoms with van der Waals surface area (Å²) in [6.45, 7) is 3.28. The van der Waals surface area contributed by atoms with Gasteiger partial charge >= 0.3 is 6.03 Å². The van der Waals surface area contributed by atoms with Crippen molar-refractivity contribution in [2.45, 2.75) is 38.8 Å². The number of phenols is 1. The lowest BCUT2D eigenvalue weighted by atomic mass is 9.98. The fourth-order valence-corrected chi connectivity index (χ4v) is 3.57. The number of carbonyl (C=O) groups excluding carboxylic acids is 2. The first-order valence-electron chi connectivity index (χ1n) is 10.5. The van der Waals surface area contributed by atoms with E-state index in [1.807, 2.05) is 25.1 Å². The standard InChI is InChI=1S/C24H28FN3O3/c1-2-3-22(27-24(31)26-16-17-4-8-20(25)9-5-17)23(30)28-14-12-19(13-15-28)18-6-10-21(29)11-7-18/h4-12,22,29H,2-3,13-16H2,1H3,(H2,26,27,31). The lowest BCUT2D eigenvalue weighted by molar-refractivity contribution is -0.133. The number of amides is 3. The molecule has 0 bridgehead atoms. The molecule has 1 heterocycles. The molecule has 31 heavy (non-hydrogen) atoms. The van der Waals surface area contributed by atoms with Crippen molar-refractivity contribution in [3.8, 4) is 5.75 Å². The molecular weight excluding hydrogens is 397 g/mol. The maximum Gasteiger partial charge on any atom is 0.315 e. The Labute approximate surface area is 181 Å². The van der Waals surface area contributed by atoms with Crippen LogP contribution in [-0.2, 0) is 11.3 Å². The summed E-state index contributed by atoms with van der Waals surface area (Å²) in [5.74, 6) is -0.200. The van der Waals surface area contributed by atoms with E-state index in [4.69, 9.17) is 0 Å². The van der Waals surface area contributed by atoms with Crippen molar-refractivity contribution in [2.24, 2.45) is 0 Å². The molecule has 7 heteroatoms. The van der Waals surface area contributed by atoms with Crippen LogP contribution in [-0.4, -0.2) is 41.1 Å². The van der Waals surface area contributed by atoms with Gasteiger partial charge in [0.05, 0.1) is 0 Å². The van der Waals surface area contributed by atoms with Crippen LogP contribution in [0.4, 0.5) is 9.18 Å². The lowest BCUT2D eigenvalue weighted by Crippen LogP contribution is -2.51. The predicted molar refractivity (Wildman–Crippen MR) is 118 cm³/mol. The Balaban J connectivity index is 1.55. The maximum atomic E-state index is 13.0. The van der Waals surface area contributed by atoms with E-state index >= 15 is 0 Å². The summed E-state index contributed by atoms with van der Waals surface area (Å²) in [5.41, 5.74) is 2.95. The number of aromatic hydroxyl groups is 1. The van der Waals surface area contributed by atoms with Crippen molar-refractivity contribution < 1.29 is 19.1 Å². The van der Waals surface area contributed by atoms with Gasteiger partial charge in [0.25, 0.3) is 0 Å². The first kappa shape index (κ1) is 22.3. The molecular formula is C24H28FN3O3. The second-order valence-corrected chi connectivity index (χ2v) is 7.61. The number of hydrogen-bond acceptors (Lipinski definition) is 3. The minimum Gasteiger partial charge on any atom is -0.508 e. The highest BCUT2D eigenvalue weighted by molar-refractivity contribution is 5.87. The molecule has 0 spiro atoms. The summed E-state index contributed by atoms with van der Waals surface area (Å²) < 4.78 is 13.0. The summed E-state index contributed by atoms with van der Waals surface area (Å²) >= 11 is 0. The van der Waals surface area contributed by atoms with Gasteiger partial charge in [-0.25, -0.2) is 9.18 Å². The van der Waals surface area contributed by atoms with Crippen LogP contribution in [0.2, 0.25) is 0 Å². The minimum absolute atomic E-state index is 0.0974. The molecule has 3 N–H and O–H groups in total. The minimum atomic E-state index is -0.596. The second-order valence-electron chi connectivity index (χ2n) is 7.61. The number of urea groups is 1. The smallest absolute Gasteiger partial charge is 0.315 e. The van der Waals surface area contributed by atoms with Gasteiger partial charge in [0.2, 0.25) is 5.91 Å². The summed E-state index contributed by atoms with van der Waals surface area (Å²) in [7, 11) is 0. The number of nitrogens with one attached hydrogen (secondary N) is 2.